The Morgan fingerprint density at radius 1 is 1.35 bits per heavy atom. The minimum absolute atomic E-state index is 0.153. The summed E-state index contributed by atoms with van der Waals surface area (Å²) in [4.78, 5) is 9.60. The van der Waals surface area contributed by atoms with Gasteiger partial charge in [-0.15, -0.1) is 0 Å². The maximum atomic E-state index is 9.60. The van der Waals surface area contributed by atoms with Gasteiger partial charge in [-0.3, -0.25) is 10.1 Å². The molecule has 2 atom stereocenters. The molecule has 2 saturated heterocycles. The van der Waals surface area contributed by atoms with Crippen LogP contribution in [0.2, 0.25) is 0 Å². The van der Waals surface area contributed by atoms with E-state index in [1.165, 1.54) is 12.8 Å². The number of carbonyl (C=O) groups is 1. The maximum absolute atomic E-state index is 9.60. The van der Waals surface area contributed by atoms with Gasteiger partial charge in [0.1, 0.15) is 11.8 Å². The van der Waals surface area contributed by atoms with Gasteiger partial charge in [0.05, 0.1) is 19.3 Å². The first-order valence-corrected chi connectivity index (χ1v) is 7.27. The van der Waals surface area contributed by atoms with Crippen LogP contribution in [-0.2, 0) is 14.3 Å². The lowest BCUT2D eigenvalue weighted by Crippen LogP contribution is -2.42. The van der Waals surface area contributed by atoms with Gasteiger partial charge in [0.25, 0.3) is 6.47 Å². The molecule has 0 aromatic rings. The zero-order valence-corrected chi connectivity index (χ0v) is 12.7. The average Bonchev–Trinajstić information content (AvgIpc) is 2.88. The van der Waals surface area contributed by atoms with Crippen LogP contribution in [0.5, 0.6) is 0 Å². The van der Waals surface area contributed by atoms with Crippen molar-refractivity contribution >= 4 is 6.47 Å². The maximum Gasteiger partial charge on any atom is 0.293 e. The Kier molecular flexibility index (Phi) is 7.43. The van der Waals surface area contributed by atoms with Crippen LogP contribution in [0, 0.1) is 5.92 Å². The van der Waals surface area contributed by atoms with E-state index in [1.807, 2.05) is 20.8 Å². The zero-order valence-electron chi connectivity index (χ0n) is 12.7. The summed E-state index contributed by atoms with van der Waals surface area (Å²) in [6.45, 7) is 8.95. The molecule has 0 aromatic carbocycles. The molecule has 0 aliphatic carbocycles. The molecule has 2 aliphatic heterocycles. The number of piperidine rings is 1. The van der Waals surface area contributed by atoms with E-state index in [-0.39, 0.29) is 24.5 Å². The molecule has 118 valence electrons. The molecule has 20 heavy (non-hydrogen) atoms. The van der Waals surface area contributed by atoms with Gasteiger partial charge in [0.15, 0.2) is 0 Å². The van der Waals surface area contributed by atoms with Gasteiger partial charge in [0.2, 0.25) is 0 Å². The quantitative estimate of drug-likeness (QED) is 0.646. The van der Waals surface area contributed by atoms with Crippen molar-refractivity contribution in [3.8, 4) is 0 Å². The van der Waals surface area contributed by atoms with Crippen LogP contribution >= 0.6 is 0 Å². The number of nitrogens with one attached hydrogen (secondary N) is 2. The molecule has 3 N–H and O–H groups in total. The summed E-state index contributed by atoms with van der Waals surface area (Å²) in [7, 11) is 0. The molecule has 0 saturated carbocycles. The van der Waals surface area contributed by atoms with E-state index in [1.54, 1.807) is 0 Å². The fourth-order valence-corrected chi connectivity index (χ4v) is 2.22. The number of carbonyl (C=O) groups excluding carboxylic acids is 1. The summed E-state index contributed by atoms with van der Waals surface area (Å²) in [5, 5.41) is 15.6. The molecule has 0 radical (unpaired) electrons. The minimum atomic E-state index is -0.318. The van der Waals surface area contributed by atoms with Crippen LogP contribution in [0.1, 0.15) is 33.6 Å². The molecule has 2 unspecified atom stereocenters. The SMILES string of the molecule is CC(C)(C)OC=O.OCC1COC(C2CCNCC2)N1. The van der Waals surface area contributed by atoms with Crippen LogP contribution in [0.25, 0.3) is 0 Å². The van der Waals surface area contributed by atoms with Crippen LogP contribution in [0.3, 0.4) is 0 Å². The van der Waals surface area contributed by atoms with Crippen molar-refractivity contribution in [2.75, 3.05) is 26.3 Å². The summed E-state index contributed by atoms with van der Waals surface area (Å²) in [5.41, 5.74) is -0.318. The summed E-state index contributed by atoms with van der Waals surface area (Å²) >= 11 is 0. The highest BCUT2D eigenvalue weighted by Crippen LogP contribution is 2.20. The van der Waals surface area contributed by atoms with E-state index in [2.05, 4.69) is 15.4 Å². The Morgan fingerprint density at radius 3 is 2.40 bits per heavy atom. The summed E-state index contributed by atoms with van der Waals surface area (Å²) in [5.74, 6) is 0.623. The van der Waals surface area contributed by atoms with Gasteiger partial charge in [-0.25, -0.2) is 0 Å². The normalized spacial score (nSPS) is 27.6. The predicted molar refractivity (Wildman–Crippen MR) is 76.2 cm³/mol. The Morgan fingerprint density at radius 2 is 2.00 bits per heavy atom. The second-order valence-corrected chi connectivity index (χ2v) is 6.21. The Bertz CT molecular complexity index is 275. The summed E-state index contributed by atoms with van der Waals surface area (Å²) < 4.78 is 10.1. The molecular formula is C14H28N2O4. The third-order valence-corrected chi connectivity index (χ3v) is 3.31. The molecule has 0 amide bonds. The third kappa shape index (κ3) is 6.65. The molecule has 2 rings (SSSR count). The summed E-state index contributed by atoms with van der Waals surface area (Å²) in [6.07, 6.45) is 2.53. The number of aliphatic hydroxyl groups excluding tert-OH is 1. The first kappa shape index (κ1) is 17.4. The van der Waals surface area contributed by atoms with Crippen molar-refractivity contribution in [2.45, 2.75) is 51.5 Å². The predicted octanol–water partition coefficient (Wildman–Crippen LogP) is 0.251. The molecule has 0 aromatic heterocycles. The first-order valence-electron chi connectivity index (χ1n) is 7.27. The molecule has 0 bridgehead atoms. The lowest BCUT2D eigenvalue weighted by Gasteiger charge is -2.27. The molecule has 2 fully saturated rings. The van der Waals surface area contributed by atoms with Crippen molar-refractivity contribution in [3.63, 3.8) is 0 Å². The zero-order chi connectivity index (χ0) is 15.0. The summed E-state index contributed by atoms with van der Waals surface area (Å²) in [6, 6.07) is 0.153. The number of ether oxygens (including phenoxy) is 2. The minimum Gasteiger partial charge on any atom is -0.462 e. The van der Waals surface area contributed by atoms with Gasteiger partial charge in [-0.2, -0.15) is 0 Å². The number of aliphatic hydroxyl groups is 1. The van der Waals surface area contributed by atoms with Crippen molar-refractivity contribution in [1.29, 1.82) is 0 Å². The van der Waals surface area contributed by atoms with Gasteiger partial charge in [-0.05, 0) is 46.7 Å². The van der Waals surface area contributed by atoms with E-state index in [0.29, 0.717) is 19.0 Å². The van der Waals surface area contributed by atoms with Crippen molar-refractivity contribution in [1.82, 2.24) is 10.6 Å². The standard InChI is InChI=1S/C9H18N2O2.C5H10O2/c12-5-8-6-13-9(11-8)7-1-3-10-4-2-7;1-5(2,3)7-4-6/h7-12H,1-6H2;4H,1-3H3. The first-order chi connectivity index (χ1) is 9.46. The second-order valence-electron chi connectivity index (χ2n) is 6.21. The van der Waals surface area contributed by atoms with E-state index in [0.717, 1.165) is 13.1 Å². The van der Waals surface area contributed by atoms with E-state index < -0.39 is 0 Å². The van der Waals surface area contributed by atoms with Gasteiger partial charge < -0.3 is 19.9 Å². The molecule has 0 spiro atoms. The smallest absolute Gasteiger partial charge is 0.293 e. The van der Waals surface area contributed by atoms with Crippen molar-refractivity contribution < 1.29 is 19.4 Å². The molecular weight excluding hydrogens is 260 g/mol. The number of hydrogen-bond donors (Lipinski definition) is 3. The topological polar surface area (TPSA) is 79.8 Å². The van der Waals surface area contributed by atoms with Crippen LogP contribution in [-0.4, -0.2) is 55.8 Å². The Balaban J connectivity index is 0.000000246. The highest BCUT2D eigenvalue weighted by molar-refractivity contribution is 5.37. The monoisotopic (exact) mass is 288 g/mol. The second kappa shape index (κ2) is 8.56. The lowest BCUT2D eigenvalue weighted by molar-refractivity contribution is -0.138. The van der Waals surface area contributed by atoms with Crippen molar-refractivity contribution in [3.05, 3.63) is 0 Å². The van der Waals surface area contributed by atoms with Gasteiger partial charge >= 0.3 is 0 Å². The average molecular weight is 288 g/mol. The molecule has 2 heterocycles. The van der Waals surface area contributed by atoms with Crippen LogP contribution in [0.4, 0.5) is 0 Å². The number of rotatable bonds is 3. The fraction of sp³-hybridized carbons (Fsp3) is 0.929. The van der Waals surface area contributed by atoms with Gasteiger partial charge in [0, 0.05) is 5.92 Å². The Hall–Kier alpha value is -0.690. The Labute approximate surface area is 121 Å². The molecule has 6 nitrogen and oxygen atoms in total. The van der Waals surface area contributed by atoms with Gasteiger partial charge in [-0.1, -0.05) is 0 Å². The van der Waals surface area contributed by atoms with E-state index in [9.17, 15) is 4.79 Å². The highest BCUT2D eigenvalue weighted by atomic mass is 16.5. The fourth-order valence-electron chi connectivity index (χ4n) is 2.22. The lowest BCUT2D eigenvalue weighted by atomic mass is 9.96. The van der Waals surface area contributed by atoms with E-state index >= 15 is 0 Å². The molecule has 6 heteroatoms. The number of hydrogen-bond acceptors (Lipinski definition) is 6. The van der Waals surface area contributed by atoms with E-state index in [4.69, 9.17) is 9.84 Å². The largest absolute Gasteiger partial charge is 0.462 e. The third-order valence-electron chi connectivity index (χ3n) is 3.31. The highest BCUT2D eigenvalue weighted by Gasteiger charge is 2.31. The van der Waals surface area contributed by atoms with Crippen LogP contribution < -0.4 is 10.6 Å². The van der Waals surface area contributed by atoms with Crippen LogP contribution in [0.15, 0.2) is 0 Å². The molecule has 2 aliphatic rings. The van der Waals surface area contributed by atoms with Crippen molar-refractivity contribution in [2.24, 2.45) is 5.92 Å².